The number of carboxylic acid groups (broad SMARTS) is 1. The molecule has 4 heteroatoms. The van der Waals surface area contributed by atoms with Gasteiger partial charge in [0.25, 0.3) is 0 Å². The molecule has 0 aromatic rings. The number of hydrogen-bond acceptors (Lipinski definition) is 2. The number of hydrogen-bond donors (Lipinski definition) is 1. The van der Waals surface area contributed by atoms with Gasteiger partial charge in [-0.3, -0.25) is 4.79 Å². The summed E-state index contributed by atoms with van der Waals surface area (Å²) in [5, 5.41) is 9.51. The highest BCUT2D eigenvalue weighted by molar-refractivity contribution is 5.87. The van der Waals surface area contributed by atoms with Crippen molar-refractivity contribution in [2.45, 2.75) is 58.5 Å². The van der Waals surface area contributed by atoms with Crippen molar-refractivity contribution < 1.29 is 14.7 Å². The van der Waals surface area contributed by atoms with Gasteiger partial charge in [-0.05, 0) is 39.0 Å². The molecule has 0 aromatic heterocycles. The van der Waals surface area contributed by atoms with Gasteiger partial charge in [0.15, 0.2) is 0 Å². The number of aliphatic carboxylic acids is 1. The van der Waals surface area contributed by atoms with Gasteiger partial charge in [-0.25, -0.2) is 4.79 Å². The van der Waals surface area contributed by atoms with Crippen LogP contribution in [0.25, 0.3) is 0 Å². The molecular weight excluding hydrogens is 206 g/mol. The second kappa shape index (κ2) is 4.44. The molecule has 16 heavy (non-hydrogen) atoms. The van der Waals surface area contributed by atoms with Gasteiger partial charge in [0.1, 0.15) is 5.54 Å². The first-order valence-corrected chi connectivity index (χ1v) is 5.91. The maximum atomic E-state index is 11.7. The maximum Gasteiger partial charge on any atom is 0.329 e. The first kappa shape index (κ1) is 13.0. The molecule has 0 heterocycles. The highest BCUT2D eigenvalue weighted by atomic mass is 16.4. The second-order valence-electron chi connectivity index (χ2n) is 4.84. The third-order valence-electron chi connectivity index (χ3n) is 3.45. The Balaban J connectivity index is 3.15. The van der Waals surface area contributed by atoms with Crippen molar-refractivity contribution in [2.75, 3.05) is 0 Å². The lowest BCUT2D eigenvalue weighted by Gasteiger charge is -2.42. The van der Waals surface area contributed by atoms with E-state index in [-0.39, 0.29) is 17.9 Å². The molecule has 0 aromatic carbocycles. The molecule has 1 fully saturated rings. The van der Waals surface area contributed by atoms with E-state index in [1.807, 2.05) is 20.8 Å². The van der Waals surface area contributed by atoms with Crippen molar-refractivity contribution >= 4 is 11.9 Å². The summed E-state index contributed by atoms with van der Waals surface area (Å²) in [6.45, 7) is 7.05. The van der Waals surface area contributed by atoms with Crippen LogP contribution in [0.5, 0.6) is 0 Å². The topological polar surface area (TPSA) is 57.6 Å². The fraction of sp³-hybridized carbons (Fsp3) is 0.833. The standard InChI is InChI=1S/C12H21NO3/c1-5-12(11(15)16,10-6-7-10)13(8(2)3)9(4)14/h8,10H,5-7H2,1-4H3,(H,15,16). The van der Waals surface area contributed by atoms with E-state index < -0.39 is 11.5 Å². The molecular formula is C12H21NO3. The summed E-state index contributed by atoms with van der Waals surface area (Å²) in [6.07, 6.45) is 2.30. The van der Waals surface area contributed by atoms with Gasteiger partial charge in [-0.15, -0.1) is 0 Å². The number of carbonyl (C=O) groups is 2. The Morgan fingerprint density at radius 3 is 2.12 bits per heavy atom. The SMILES string of the molecule is CCC(C(=O)O)(C1CC1)N(C(C)=O)C(C)C. The Labute approximate surface area is 96.6 Å². The Hall–Kier alpha value is -1.06. The maximum absolute atomic E-state index is 11.7. The van der Waals surface area contributed by atoms with E-state index in [9.17, 15) is 14.7 Å². The fourth-order valence-electron chi connectivity index (χ4n) is 2.75. The largest absolute Gasteiger partial charge is 0.479 e. The van der Waals surface area contributed by atoms with Crippen LogP contribution in [0.4, 0.5) is 0 Å². The van der Waals surface area contributed by atoms with Crippen LogP contribution < -0.4 is 0 Å². The van der Waals surface area contributed by atoms with Gasteiger partial charge < -0.3 is 10.0 Å². The van der Waals surface area contributed by atoms with Crippen LogP contribution in [-0.2, 0) is 9.59 Å². The molecule has 1 aliphatic rings. The Bertz CT molecular complexity index is 297. The van der Waals surface area contributed by atoms with E-state index in [1.165, 1.54) is 6.92 Å². The van der Waals surface area contributed by atoms with Crippen molar-refractivity contribution in [1.29, 1.82) is 0 Å². The Kier molecular flexibility index (Phi) is 3.61. The van der Waals surface area contributed by atoms with Gasteiger partial charge >= 0.3 is 5.97 Å². The number of nitrogens with zero attached hydrogens (tertiary/aromatic N) is 1. The molecule has 4 nitrogen and oxygen atoms in total. The van der Waals surface area contributed by atoms with E-state index in [0.29, 0.717) is 6.42 Å². The summed E-state index contributed by atoms with van der Waals surface area (Å²) in [5.74, 6) is -0.881. The molecule has 1 amide bonds. The average molecular weight is 227 g/mol. The Morgan fingerprint density at radius 2 is 1.94 bits per heavy atom. The molecule has 1 aliphatic carbocycles. The second-order valence-corrected chi connectivity index (χ2v) is 4.84. The molecule has 1 N–H and O–H groups in total. The lowest BCUT2D eigenvalue weighted by molar-refractivity contribution is -0.163. The smallest absolute Gasteiger partial charge is 0.329 e. The lowest BCUT2D eigenvalue weighted by atomic mass is 9.86. The summed E-state index contributed by atoms with van der Waals surface area (Å²) in [4.78, 5) is 24.8. The van der Waals surface area contributed by atoms with Crippen LogP contribution in [-0.4, -0.2) is 33.5 Å². The summed E-state index contributed by atoms with van der Waals surface area (Å²) in [7, 11) is 0. The zero-order chi connectivity index (χ0) is 12.5. The molecule has 0 aliphatic heterocycles. The van der Waals surface area contributed by atoms with Crippen LogP contribution in [0.15, 0.2) is 0 Å². The summed E-state index contributed by atoms with van der Waals surface area (Å²) in [5.41, 5.74) is -0.986. The molecule has 1 rings (SSSR count). The first-order chi connectivity index (χ1) is 7.37. The predicted octanol–water partition coefficient (Wildman–Crippen LogP) is 1.89. The van der Waals surface area contributed by atoms with Crippen molar-refractivity contribution in [3.63, 3.8) is 0 Å². The minimum absolute atomic E-state index is 0.0749. The summed E-state index contributed by atoms with van der Waals surface area (Å²) < 4.78 is 0. The number of rotatable bonds is 5. The summed E-state index contributed by atoms with van der Waals surface area (Å²) >= 11 is 0. The number of carboxylic acids is 1. The lowest BCUT2D eigenvalue weighted by Crippen LogP contribution is -2.60. The van der Waals surface area contributed by atoms with Crippen LogP contribution in [0, 0.1) is 5.92 Å². The summed E-state index contributed by atoms with van der Waals surface area (Å²) in [6, 6.07) is -0.0749. The molecule has 0 radical (unpaired) electrons. The highest BCUT2D eigenvalue weighted by Gasteiger charge is 2.55. The van der Waals surface area contributed by atoms with Gasteiger partial charge in [0.2, 0.25) is 5.91 Å². The van der Waals surface area contributed by atoms with Crippen molar-refractivity contribution in [1.82, 2.24) is 4.90 Å². The van der Waals surface area contributed by atoms with Crippen LogP contribution >= 0.6 is 0 Å². The van der Waals surface area contributed by atoms with Gasteiger partial charge in [-0.2, -0.15) is 0 Å². The van der Waals surface area contributed by atoms with Crippen molar-refractivity contribution in [2.24, 2.45) is 5.92 Å². The molecule has 0 bridgehead atoms. The van der Waals surface area contributed by atoms with Gasteiger partial charge in [0.05, 0.1) is 0 Å². The van der Waals surface area contributed by atoms with Gasteiger partial charge in [0, 0.05) is 13.0 Å². The quantitative estimate of drug-likeness (QED) is 0.780. The number of amides is 1. The van der Waals surface area contributed by atoms with Gasteiger partial charge in [-0.1, -0.05) is 6.92 Å². The van der Waals surface area contributed by atoms with E-state index in [4.69, 9.17) is 0 Å². The molecule has 1 atom stereocenters. The molecule has 1 unspecified atom stereocenters. The van der Waals surface area contributed by atoms with E-state index in [1.54, 1.807) is 4.90 Å². The average Bonchev–Trinajstić information content (AvgIpc) is 2.95. The van der Waals surface area contributed by atoms with Crippen LogP contribution in [0.2, 0.25) is 0 Å². The zero-order valence-electron chi connectivity index (χ0n) is 10.5. The van der Waals surface area contributed by atoms with Crippen molar-refractivity contribution in [3.8, 4) is 0 Å². The third-order valence-corrected chi connectivity index (χ3v) is 3.45. The van der Waals surface area contributed by atoms with Crippen LogP contribution in [0.3, 0.4) is 0 Å². The van der Waals surface area contributed by atoms with E-state index >= 15 is 0 Å². The zero-order valence-corrected chi connectivity index (χ0v) is 10.5. The normalized spacial score (nSPS) is 19.3. The fourth-order valence-corrected chi connectivity index (χ4v) is 2.75. The first-order valence-electron chi connectivity index (χ1n) is 5.91. The Morgan fingerprint density at radius 1 is 1.44 bits per heavy atom. The van der Waals surface area contributed by atoms with E-state index in [0.717, 1.165) is 12.8 Å². The highest BCUT2D eigenvalue weighted by Crippen LogP contribution is 2.46. The molecule has 0 saturated heterocycles. The third kappa shape index (κ3) is 1.93. The van der Waals surface area contributed by atoms with E-state index in [2.05, 4.69) is 0 Å². The minimum atomic E-state index is -0.986. The molecule has 92 valence electrons. The predicted molar refractivity (Wildman–Crippen MR) is 61.0 cm³/mol. The van der Waals surface area contributed by atoms with Crippen LogP contribution in [0.1, 0.15) is 47.0 Å². The molecule has 0 spiro atoms. The number of carbonyl (C=O) groups excluding carboxylic acids is 1. The van der Waals surface area contributed by atoms with Crippen molar-refractivity contribution in [3.05, 3.63) is 0 Å². The molecule has 1 saturated carbocycles. The minimum Gasteiger partial charge on any atom is -0.479 e. The monoisotopic (exact) mass is 227 g/mol.